The molecule has 2 unspecified atom stereocenters. The van der Waals surface area contributed by atoms with E-state index in [1.54, 1.807) is 0 Å². The lowest BCUT2D eigenvalue weighted by Gasteiger charge is -2.37. The molecule has 0 heterocycles. The topological polar surface area (TPSA) is 12.0 Å². The van der Waals surface area contributed by atoms with Crippen LogP contribution in [-0.2, 0) is 0 Å². The van der Waals surface area contributed by atoms with Gasteiger partial charge in [0.2, 0.25) is 0 Å². The average molecular weight is 265 g/mol. The highest BCUT2D eigenvalue weighted by Crippen LogP contribution is 2.40. The lowest BCUT2D eigenvalue weighted by Crippen LogP contribution is -2.40. The second-order valence-electron chi connectivity index (χ2n) is 7.05. The smallest absolute Gasteiger partial charge is 0.00979 e. The van der Waals surface area contributed by atoms with E-state index < -0.39 is 0 Å². The number of hydrogen-bond acceptors (Lipinski definition) is 1. The van der Waals surface area contributed by atoms with Crippen LogP contribution in [0, 0.1) is 17.8 Å². The highest BCUT2D eigenvalue weighted by atomic mass is 14.9. The lowest BCUT2D eigenvalue weighted by atomic mass is 9.71. The Morgan fingerprint density at radius 1 is 0.842 bits per heavy atom. The third-order valence-corrected chi connectivity index (χ3v) is 5.80. The van der Waals surface area contributed by atoms with E-state index in [-0.39, 0.29) is 0 Å². The molecule has 2 rings (SSSR count). The molecule has 2 saturated carbocycles. The van der Waals surface area contributed by atoms with Crippen LogP contribution in [0.4, 0.5) is 0 Å². The van der Waals surface area contributed by atoms with Crippen molar-refractivity contribution in [3.8, 4) is 0 Å². The maximum Gasteiger partial charge on any atom is 0.00979 e. The molecule has 0 saturated heterocycles. The molecule has 0 aliphatic heterocycles. The summed E-state index contributed by atoms with van der Waals surface area (Å²) in [5, 5.41) is 3.88. The van der Waals surface area contributed by atoms with Crippen LogP contribution >= 0.6 is 0 Å². The molecule has 2 aliphatic carbocycles. The summed E-state index contributed by atoms with van der Waals surface area (Å²) in [6, 6.07) is 0.839. The van der Waals surface area contributed by atoms with Gasteiger partial charge in [-0.05, 0) is 56.4 Å². The van der Waals surface area contributed by atoms with Crippen molar-refractivity contribution in [1.82, 2.24) is 5.32 Å². The Morgan fingerprint density at radius 3 is 2.26 bits per heavy atom. The Bertz CT molecular complexity index is 230. The van der Waals surface area contributed by atoms with Crippen LogP contribution < -0.4 is 5.32 Å². The minimum Gasteiger partial charge on any atom is -0.314 e. The van der Waals surface area contributed by atoms with Crippen LogP contribution in [0.5, 0.6) is 0 Å². The molecule has 0 spiro atoms. The maximum atomic E-state index is 3.88. The van der Waals surface area contributed by atoms with Crippen LogP contribution in [0.1, 0.15) is 84.5 Å². The summed E-state index contributed by atoms with van der Waals surface area (Å²) in [6.45, 7) is 5.90. The Hall–Kier alpha value is -0.0400. The van der Waals surface area contributed by atoms with Crippen molar-refractivity contribution in [2.45, 2.75) is 90.5 Å². The summed E-state index contributed by atoms with van der Waals surface area (Å²) in [5.41, 5.74) is 0. The van der Waals surface area contributed by atoms with Crippen LogP contribution in [-0.4, -0.2) is 12.6 Å². The molecule has 19 heavy (non-hydrogen) atoms. The number of rotatable bonds is 5. The van der Waals surface area contributed by atoms with E-state index >= 15 is 0 Å². The summed E-state index contributed by atoms with van der Waals surface area (Å²) in [4.78, 5) is 0. The minimum absolute atomic E-state index is 0.839. The molecule has 0 bridgehead atoms. The zero-order chi connectivity index (χ0) is 13.5. The Labute approximate surface area is 120 Å². The summed E-state index contributed by atoms with van der Waals surface area (Å²) < 4.78 is 0. The normalized spacial score (nSPS) is 36.9. The van der Waals surface area contributed by atoms with Crippen molar-refractivity contribution >= 4 is 0 Å². The van der Waals surface area contributed by atoms with Gasteiger partial charge in [0.25, 0.3) is 0 Å². The van der Waals surface area contributed by atoms with E-state index in [1.807, 2.05) is 0 Å². The van der Waals surface area contributed by atoms with Gasteiger partial charge in [0.15, 0.2) is 0 Å². The number of nitrogens with one attached hydrogen (secondary N) is 1. The van der Waals surface area contributed by atoms with Gasteiger partial charge in [-0.2, -0.15) is 0 Å². The largest absolute Gasteiger partial charge is 0.314 e. The van der Waals surface area contributed by atoms with Crippen molar-refractivity contribution in [1.29, 1.82) is 0 Å². The molecule has 2 fully saturated rings. The monoisotopic (exact) mass is 265 g/mol. The van der Waals surface area contributed by atoms with Crippen molar-refractivity contribution in [3.63, 3.8) is 0 Å². The van der Waals surface area contributed by atoms with Crippen molar-refractivity contribution in [2.24, 2.45) is 17.8 Å². The molecule has 0 amide bonds. The first-order valence-electron chi connectivity index (χ1n) is 9.08. The van der Waals surface area contributed by atoms with Crippen molar-refractivity contribution < 1.29 is 0 Å². The van der Waals surface area contributed by atoms with Crippen molar-refractivity contribution in [2.75, 3.05) is 6.54 Å². The molecule has 112 valence electrons. The molecule has 0 aromatic carbocycles. The summed E-state index contributed by atoms with van der Waals surface area (Å²) >= 11 is 0. The summed E-state index contributed by atoms with van der Waals surface area (Å²) in [6.07, 6.45) is 16.1. The molecule has 0 aromatic heterocycles. The van der Waals surface area contributed by atoms with Crippen molar-refractivity contribution in [3.05, 3.63) is 0 Å². The molecule has 0 aromatic rings. The fraction of sp³-hybridized carbons (Fsp3) is 1.00. The SMILES string of the molecule is CCCNC1CCCCCC1C1CCC(CC)CC1. The van der Waals surface area contributed by atoms with Gasteiger partial charge in [0, 0.05) is 6.04 Å². The third-order valence-electron chi connectivity index (χ3n) is 5.80. The highest BCUT2D eigenvalue weighted by molar-refractivity contribution is 4.86. The molecular formula is C18H35N. The first-order valence-corrected chi connectivity index (χ1v) is 9.08. The minimum atomic E-state index is 0.839. The fourth-order valence-corrected chi connectivity index (χ4v) is 4.51. The first-order chi connectivity index (χ1) is 9.35. The first kappa shape index (κ1) is 15.4. The molecule has 2 atom stereocenters. The molecule has 1 N–H and O–H groups in total. The quantitative estimate of drug-likeness (QED) is 0.678. The van der Waals surface area contributed by atoms with E-state index in [0.29, 0.717) is 0 Å². The van der Waals surface area contributed by atoms with E-state index in [4.69, 9.17) is 0 Å². The van der Waals surface area contributed by atoms with Gasteiger partial charge >= 0.3 is 0 Å². The summed E-state index contributed by atoms with van der Waals surface area (Å²) in [7, 11) is 0. The third kappa shape index (κ3) is 4.48. The fourth-order valence-electron chi connectivity index (χ4n) is 4.51. The standard InChI is InChI=1S/C18H35N/c1-3-14-19-18-9-7-5-6-8-17(18)16-12-10-15(4-2)11-13-16/h15-19H,3-14H2,1-2H3. The van der Waals surface area contributed by atoms with Crippen LogP contribution in [0.25, 0.3) is 0 Å². The van der Waals surface area contributed by atoms with E-state index in [2.05, 4.69) is 19.2 Å². The molecule has 2 aliphatic rings. The molecule has 1 nitrogen and oxygen atoms in total. The predicted octanol–water partition coefficient (Wildman–Crippen LogP) is 5.15. The van der Waals surface area contributed by atoms with Gasteiger partial charge in [-0.15, -0.1) is 0 Å². The molecule has 0 radical (unpaired) electrons. The van der Waals surface area contributed by atoms with Gasteiger partial charge in [-0.25, -0.2) is 0 Å². The number of hydrogen-bond donors (Lipinski definition) is 1. The summed E-state index contributed by atoms with van der Waals surface area (Å²) in [5.74, 6) is 3.08. The zero-order valence-corrected chi connectivity index (χ0v) is 13.3. The maximum absolute atomic E-state index is 3.88. The van der Waals surface area contributed by atoms with Crippen LogP contribution in [0.15, 0.2) is 0 Å². The van der Waals surface area contributed by atoms with Gasteiger partial charge in [-0.3, -0.25) is 0 Å². The van der Waals surface area contributed by atoms with Gasteiger partial charge < -0.3 is 5.32 Å². The highest BCUT2D eigenvalue weighted by Gasteiger charge is 2.32. The van der Waals surface area contributed by atoms with E-state index in [1.165, 1.54) is 77.2 Å². The second kappa shape index (κ2) is 8.29. The molecular weight excluding hydrogens is 230 g/mol. The Morgan fingerprint density at radius 2 is 1.58 bits per heavy atom. The Balaban J connectivity index is 1.89. The van der Waals surface area contributed by atoms with Gasteiger partial charge in [0.05, 0.1) is 0 Å². The predicted molar refractivity (Wildman–Crippen MR) is 84.4 cm³/mol. The van der Waals surface area contributed by atoms with Gasteiger partial charge in [0.1, 0.15) is 0 Å². The molecule has 1 heteroatoms. The van der Waals surface area contributed by atoms with E-state index in [0.717, 1.165) is 23.8 Å². The second-order valence-corrected chi connectivity index (χ2v) is 7.05. The average Bonchev–Trinajstić information content (AvgIpc) is 2.70. The Kier molecular flexibility index (Phi) is 6.70. The van der Waals surface area contributed by atoms with Gasteiger partial charge in [-0.1, -0.05) is 52.4 Å². The van der Waals surface area contributed by atoms with Crippen LogP contribution in [0.3, 0.4) is 0 Å². The van der Waals surface area contributed by atoms with E-state index in [9.17, 15) is 0 Å². The zero-order valence-electron chi connectivity index (χ0n) is 13.3. The van der Waals surface area contributed by atoms with Crippen LogP contribution in [0.2, 0.25) is 0 Å². The lowest BCUT2D eigenvalue weighted by molar-refractivity contribution is 0.157.